The van der Waals surface area contributed by atoms with Gasteiger partial charge in [0.15, 0.2) is 0 Å². The van der Waals surface area contributed by atoms with Crippen LogP contribution in [0.25, 0.3) is 10.9 Å². The molecule has 3 rings (SSSR count). The second kappa shape index (κ2) is 4.33. The van der Waals surface area contributed by atoms with E-state index in [0.717, 1.165) is 35.6 Å². The number of morpholine rings is 1. The largest absolute Gasteiger partial charge is 0.371 e. The van der Waals surface area contributed by atoms with Crippen LogP contribution in [0.5, 0.6) is 0 Å². The number of halogens is 1. The van der Waals surface area contributed by atoms with E-state index in [-0.39, 0.29) is 6.10 Å². The molecular weight excluding hydrogens is 236 g/mol. The lowest BCUT2D eigenvalue weighted by molar-refractivity contribution is 0.0286. The molecule has 1 atom stereocenters. The van der Waals surface area contributed by atoms with Crippen molar-refractivity contribution in [1.82, 2.24) is 9.88 Å². The van der Waals surface area contributed by atoms with Crippen molar-refractivity contribution in [2.24, 2.45) is 7.05 Å². The Bertz CT molecular complexity index is 544. The van der Waals surface area contributed by atoms with Gasteiger partial charge in [-0.05, 0) is 11.6 Å². The summed E-state index contributed by atoms with van der Waals surface area (Å²) in [6.45, 7) is 2.53. The predicted octanol–water partition coefficient (Wildman–Crippen LogP) is 2.49. The molecule has 2 aromatic rings. The summed E-state index contributed by atoms with van der Waals surface area (Å²) >= 11 is 6.31. The van der Waals surface area contributed by atoms with Crippen LogP contribution in [0.1, 0.15) is 11.7 Å². The van der Waals surface area contributed by atoms with Crippen LogP contribution in [0.2, 0.25) is 5.02 Å². The van der Waals surface area contributed by atoms with Crippen LogP contribution in [0.3, 0.4) is 0 Å². The Kier molecular flexibility index (Phi) is 2.82. The molecule has 2 heterocycles. The molecule has 1 unspecified atom stereocenters. The summed E-state index contributed by atoms with van der Waals surface area (Å²) in [4.78, 5) is 0. The van der Waals surface area contributed by atoms with Crippen molar-refractivity contribution in [3.63, 3.8) is 0 Å². The molecule has 0 spiro atoms. The van der Waals surface area contributed by atoms with Crippen molar-refractivity contribution < 1.29 is 4.74 Å². The Morgan fingerprint density at radius 3 is 3.12 bits per heavy atom. The van der Waals surface area contributed by atoms with Crippen molar-refractivity contribution in [3.8, 4) is 0 Å². The number of hydrogen-bond acceptors (Lipinski definition) is 2. The first-order valence-corrected chi connectivity index (χ1v) is 6.21. The highest BCUT2D eigenvalue weighted by Gasteiger charge is 2.20. The first-order chi connectivity index (χ1) is 8.27. The second-order valence-corrected chi connectivity index (χ2v) is 4.80. The van der Waals surface area contributed by atoms with Crippen LogP contribution in [0, 0.1) is 0 Å². The van der Waals surface area contributed by atoms with Gasteiger partial charge in [0, 0.05) is 37.2 Å². The highest BCUT2D eigenvalue weighted by Crippen LogP contribution is 2.33. The van der Waals surface area contributed by atoms with Crippen LogP contribution in [-0.4, -0.2) is 24.3 Å². The van der Waals surface area contributed by atoms with E-state index < -0.39 is 0 Å². The number of hydrogen-bond donors (Lipinski definition) is 1. The Morgan fingerprint density at radius 2 is 2.35 bits per heavy atom. The van der Waals surface area contributed by atoms with Gasteiger partial charge in [-0.1, -0.05) is 23.7 Å². The summed E-state index contributed by atoms with van der Waals surface area (Å²) in [5, 5.41) is 5.26. The van der Waals surface area contributed by atoms with E-state index in [1.54, 1.807) is 0 Å². The maximum atomic E-state index is 6.31. The van der Waals surface area contributed by atoms with Crippen molar-refractivity contribution in [3.05, 3.63) is 35.0 Å². The molecule has 1 aliphatic heterocycles. The fraction of sp³-hybridized carbons (Fsp3) is 0.385. The van der Waals surface area contributed by atoms with Crippen LogP contribution < -0.4 is 5.32 Å². The number of aromatic nitrogens is 1. The summed E-state index contributed by atoms with van der Waals surface area (Å²) in [6.07, 6.45) is 2.05. The smallest absolute Gasteiger partial charge is 0.0956 e. The van der Waals surface area contributed by atoms with Crippen LogP contribution in [-0.2, 0) is 11.8 Å². The Labute approximate surface area is 105 Å². The third-order valence-electron chi connectivity index (χ3n) is 3.27. The van der Waals surface area contributed by atoms with E-state index in [2.05, 4.69) is 28.1 Å². The molecule has 0 bridgehead atoms. The third kappa shape index (κ3) is 1.84. The average Bonchev–Trinajstić information content (AvgIpc) is 2.66. The Morgan fingerprint density at radius 1 is 1.47 bits per heavy atom. The lowest BCUT2D eigenvalue weighted by atomic mass is 10.0. The zero-order valence-corrected chi connectivity index (χ0v) is 10.5. The van der Waals surface area contributed by atoms with Gasteiger partial charge >= 0.3 is 0 Å². The summed E-state index contributed by atoms with van der Waals surface area (Å²) in [6, 6.07) is 6.25. The minimum absolute atomic E-state index is 0.104. The number of nitrogens with one attached hydrogen (secondary N) is 1. The van der Waals surface area contributed by atoms with Gasteiger partial charge in [-0.25, -0.2) is 0 Å². The van der Waals surface area contributed by atoms with Gasteiger partial charge in [-0.3, -0.25) is 0 Å². The Hall–Kier alpha value is -1.03. The summed E-state index contributed by atoms with van der Waals surface area (Å²) in [5.41, 5.74) is 2.34. The van der Waals surface area contributed by atoms with Crippen LogP contribution in [0.4, 0.5) is 0 Å². The number of aryl methyl sites for hydroxylation is 1. The highest BCUT2D eigenvalue weighted by atomic mass is 35.5. The van der Waals surface area contributed by atoms with Gasteiger partial charge in [-0.2, -0.15) is 0 Å². The SMILES string of the molecule is Cn1cc(Cl)c2c(C3CNCCO3)cccc21. The normalized spacial score (nSPS) is 20.9. The van der Waals surface area contributed by atoms with Gasteiger partial charge < -0.3 is 14.6 Å². The quantitative estimate of drug-likeness (QED) is 0.842. The second-order valence-electron chi connectivity index (χ2n) is 4.39. The van der Waals surface area contributed by atoms with Crippen molar-refractivity contribution in [1.29, 1.82) is 0 Å². The van der Waals surface area contributed by atoms with Gasteiger partial charge in [0.05, 0.1) is 17.7 Å². The molecule has 1 fully saturated rings. The topological polar surface area (TPSA) is 26.2 Å². The fourth-order valence-electron chi connectivity index (χ4n) is 2.45. The first kappa shape index (κ1) is 11.1. The molecule has 0 aliphatic carbocycles. The monoisotopic (exact) mass is 250 g/mol. The molecule has 90 valence electrons. The fourth-order valence-corrected chi connectivity index (χ4v) is 2.80. The average molecular weight is 251 g/mol. The summed E-state index contributed by atoms with van der Waals surface area (Å²) in [5.74, 6) is 0. The van der Waals surface area contributed by atoms with Gasteiger partial charge in [0.25, 0.3) is 0 Å². The van der Waals surface area contributed by atoms with Crippen molar-refractivity contribution in [2.45, 2.75) is 6.10 Å². The molecule has 3 nitrogen and oxygen atoms in total. The van der Waals surface area contributed by atoms with Crippen molar-refractivity contribution in [2.75, 3.05) is 19.7 Å². The van der Waals surface area contributed by atoms with Crippen LogP contribution in [0.15, 0.2) is 24.4 Å². The predicted molar refractivity (Wildman–Crippen MR) is 69.5 cm³/mol. The summed E-state index contributed by atoms with van der Waals surface area (Å²) in [7, 11) is 2.01. The van der Waals surface area contributed by atoms with E-state index in [0.29, 0.717) is 0 Å². The molecule has 4 heteroatoms. The van der Waals surface area contributed by atoms with E-state index in [9.17, 15) is 0 Å². The van der Waals surface area contributed by atoms with E-state index in [1.807, 2.05) is 13.2 Å². The van der Waals surface area contributed by atoms with E-state index in [1.165, 1.54) is 5.56 Å². The summed E-state index contributed by atoms with van der Waals surface area (Å²) < 4.78 is 7.86. The van der Waals surface area contributed by atoms with E-state index >= 15 is 0 Å². The number of rotatable bonds is 1. The third-order valence-corrected chi connectivity index (χ3v) is 3.56. The molecule has 0 saturated carbocycles. The minimum Gasteiger partial charge on any atom is -0.371 e. The number of benzene rings is 1. The maximum absolute atomic E-state index is 6.31. The van der Waals surface area contributed by atoms with Gasteiger partial charge in [0.2, 0.25) is 0 Å². The lowest BCUT2D eigenvalue weighted by Crippen LogP contribution is -2.33. The maximum Gasteiger partial charge on any atom is 0.0956 e. The van der Waals surface area contributed by atoms with Gasteiger partial charge in [0.1, 0.15) is 0 Å². The highest BCUT2D eigenvalue weighted by molar-refractivity contribution is 6.36. The molecule has 0 amide bonds. The minimum atomic E-state index is 0.104. The molecule has 1 aromatic carbocycles. The molecule has 0 radical (unpaired) electrons. The van der Waals surface area contributed by atoms with E-state index in [4.69, 9.17) is 16.3 Å². The molecule has 1 N–H and O–H groups in total. The van der Waals surface area contributed by atoms with Gasteiger partial charge in [-0.15, -0.1) is 0 Å². The molecule has 1 saturated heterocycles. The molecule has 17 heavy (non-hydrogen) atoms. The zero-order chi connectivity index (χ0) is 11.8. The zero-order valence-electron chi connectivity index (χ0n) is 9.74. The molecular formula is C13H15ClN2O. The van der Waals surface area contributed by atoms with Crippen molar-refractivity contribution >= 4 is 22.5 Å². The standard InChI is InChI=1S/C13H15ClN2O/c1-16-8-10(14)13-9(3-2-4-11(13)16)12-7-15-5-6-17-12/h2-4,8,12,15H,5-7H2,1H3. The Balaban J connectivity index is 2.15. The van der Waals surface area contributed by atoms with Crippen LogP contribution >= 0.6 is 11.6 Å². The number of nitrogens with zero attached hydrogens (tertiary/aromatic N) is 1. The first-order valence-electron chi connectivity index (χ1n) is 5.83. The number of ether oxygens (including phenoxy) is 1. The number of fused-ring (bicyclic) bond motifs is 1. The molecule has 1 aliphatic rings. The lowest BCUT2D eigenvalue weighted by Gasteiger charge is -2.24. The molecule has 1 aromatic heterocycles.